The van der Waals surface area contributed by atoms with Gasteiger partial charge in [-0.2, -0.15) is 0 Å². The van der Waals surface area contributed by atoms with E-state index in [4.69, 9.17) is 9.84 Å². The van der Waals surface area contributed by atoms with Crippen LogP contribution < -0.4 is 0 Å². The molecule has 0 aliphatic carbocycles. The largest absolute Gasteiger partial charge is 0.481 e. The standard InChI is InChI=1S/C12H21NO4/c1-9(2)17-8-11(14)13-6-5-10(7-13)3-4-12(15)16/h9-10H,3-8H2,1-2H3,(H,15,16). The van der Waals surface area contributed by atoms with Crippen molar-refractivity contribution in [2.24, 2.45) is 5.92 Å². The molecule has 0 aromatic heterocycles. The Labute approximate surface area is 102 Å². The number of carbonyl (C=O) groups is 2. The molecule has 0 spiro atoms. The first-order valence-electron chi connectivity index (χ1n) is 6.10. The summed E-state index contributed by atoms with van der Waals surface area (Å²) in [6, 6.07) is 0. The third-order valence-electron chi connectivity index (χ3n) is 2.95. The van der Waals surface area contributed by atoms with Crippen molar-refractivity contribution in [3.8, 4) is 0 Å². The van der Waals surface area contributed by atoms with Gasteiger partial charge in [0, 0.05) is 19.5 Å². The van der Waals surface area contributed by atoms with Crippen molar-refractivity contribution in [2.75, 3.05) is 19.7 Å². The summed E-state index contributed by atoms with van der Waals surface area (Å²) in [5.41, 5.74) is 0. The zero-order chi connectivity index (χ0) is 12.8. The monoisotopic (exact) mass is 243 g/mol. The molecule has 1 aliphatic rings. The molecule has 1 saturated heterocycles. The number of carbonyl (C=O) groups excluding carboxylic acids is 1. The van der Waals surface area contributed by atoms with Crippen LogP contribution in [0.15, 0.2) is 0 Å². The minimum atomic E-state index is -0.766. The van der Waals surface area contributed by atoms with Gasteiger partial charge in [0.15, 0.2) is 0 Å². The molecular formula is C12H21NO4. The zero-order valence-electron chi connectivity index (χ0n) is 10.5. The molecule has 1 N–H and O–H groups in total. The molecule has 0 saturated carbocycles. The lowest BCUT2D eigenvalue weighted by Gasteiger charge is -2.17. The summed E-state index contributed by atoms with van der Waals surface area (Å²) in [5, 5.41) is 8.59. The molecule has 1 unspecified atom stereocenters. The lowest BCUT2D eigenvalue weighted by Crippen LogP contribution is -2.32. The first-order chi connectivity index (χ1) is 7.99. The maximum atomic E-state index is 11.7. The third kappa shape index (κ3) is 5.17. The van der Waals surface area contributed by atoms with Crippen LogP contribution in [0, 0.1) is 5.92 Å². The number of carboxylic acids is 1. The number of ether oxygens (including phenoxy) is 1. The van der Waals surface area contributed by atoms with Gasteiger partial charge in [-0.05, 0) is 32.6 Å². The normalized spacial score (nSPS) is 19.9. The highest BCUT2D eigenvalue weighted by Crippen LogP contribution is 2.21. The van der Waals surface area contributed by atoms with E-state index in [0.29, 0.717) is 18.9 Å². The second-order valence-corrected chi connectivity index (χ2v) is 4.79. The molecule has 0 aromatic rings. The Morgan fingerprint density at radius 2 is 2.18 bits per heavy atom. The van der Waals surface area contributed by atoms with E-state index in [0.717, 1.165) is 13.0 Å². The topological polar surface area (TPSA) is 66.8 Å². The van der Waals surface area contributed by atoms with Gasteiger partial charge >= 0.3 is 5.97 Å². The fourth-order valence-corrected chi connectivity index (χ4v) is 1.95. The van der Waals surface area contributed by atoms with Crippen LogP contribution in [0.25, 0.3) is 0 Å². The molecule has 0 bridgehead atoms. The number of rotatable bonds is 6. The maximum absolute atomic E-state index is 11.7. The molecule has 1 amide bonds. The molecule has 0 radical (unpaired) electrons. The van der Waals surface area contributed by atoms with E-state index < -0.39 is 5.97 Å². The molecule has 0 aromatic carbocycles. The second kappa shape index (κ2) is 6.59. The smallest absolute Gasteiger partial charge is 0.303 e. The van der Waals surface area contributed by atoms with Gasteiger partial charge in [-0.25, -0.2) is 0 Å². The van der Waals surface area contributed by atoms with E-state index >= 15 is 0 Å². The van der Waals surface area contributed by atoms with E-state index in [1.54, 1.807) is 4.90 Å². The van der Waals surface area contributed by atoms with E-state index in [9.17, 15) is 9.59 Å². The fourth-order valence-electron chi connectivity index (χ4n) is 1.95. The Bertz CT molecular complexity index is 278. The van der Waals surface area contributed by atoms with E-state index in [1.165, 1.54) is 0 Å². The average Bonchev–Trinajstić information content (AvgIpc) is 2.71. The van der Waals surface area contributed by atoms with Crippen molar-refractivity contribution in [2.45, 2.75) is 39.2 Å². The summed E-state index contributed by atoms with van der Waals surface area (Å²) in [4.78, 5) is 23.9. The Hall–Kier alpha value is -1.10. The quantitative estimate of drug-likeness (QED) is 0.759. The first kappa shape index (κ1) is 14.0. The molecule has 1 atom stereocenters. The van der Waals surface area contributed by atoms with Crippen molar-refractivity contribution >= 4 is 11.9 Å². The molecule has 1 aliphatic heterocycles. The number of nitrogens with zero attached hydrogens (tertiary/aromatic N) is 1. The van der Waals surface area contributed by atoms with Crippen LogP contribution in [0.5, 0.6) is 0 Å². The molecule has 98 valence electrons. The van der Waals surface area contributed by atoms with Crippen LogP contribution in [-0.2, 0) is 14.3 Å². The van der Waals surface area contributed by atoms with Crippen molar-refractivity contribution in [1.82, 2.24) is 4.90 Å². The Morgan fingerprint density at radius 1 is 1.47 bits per heavy atom. The van der Waals surface area contributed by atoms with Gasteiger partial charge in [0.05, 0.1) is 6.10 Å². The Kier molecular flexibility index (Phi) is 5.41. The lowest BCUT2D eigenvalue weighted by molar-refractivity contribution is -0.137. The number of carboxylic acid groups (broad SMARTS) is 1. The number of hydrogen-bond acceptors (Lipinski definition) is 3. The summed E-state index contributed by atoms with van der Waals surface area (Å²) in [6.07, 6.45) is 1.81. The Balaban J connectivity index is 2.24. The number of aliphatic carboxylic acids is 1. The fraction of sp³-hybridized carbons (Fsp3) is 0.833. The summed E-state index contributed by atoms with van der Waals surface area (Å²) in [5.74, 6) is -0.427. The molecule has 5 heteroatoms. The van der Waals surface area contributed by atoms with Crippen LogP contribution in [0.3, 0.4) is 0 Å². The predicted octanol–water partition coefficient (Wildman–Crippen LogP) is 1.12. The van der Waals surface area contributed by atoms with Crippen LogP contribution >= 0.6 is 0 Å². The third-order valence-corrected chi connectivity index (χ3v) is 2.95. The molecular weight excluding hydrogens is 222 g/mol. The minimum absolute atomic E-state index is 0.0107. The van der Waals surface area contributed by atoms with Gasteiger partial charge in [-0.1, -0.05) is 0 Å². The molecule has 5 nitrogen and oxygen atoms in total. The van der Waals surface area contributed by atoms with Gasteiger partial charge in [-0.15, -0.1) is 0 Å². The van der Waals surface area contributed by atoms with Crippen LogP contribution in [0.2, 0.25) is 0 Å². The van der Waals surface area contributed by atoms with E-state index in [-0.39, 0.29) is 25.0 Å². The zero-order valence-corrected chi connectivity index (χ0v) is 10.5. The van der Waals surface area contributed by atoms with E-state index in [2.05, 4.69) is 0 Å². The number of hydrogen-bond donors (Lipinski definition) is 1. The summed E-state index contributed by atoms with van der Waals surface area (Å²) < 4.78 is 5.26. The van der Waals surface area contributed by atoms with Gasteiger partial charge in [0.2, 0.25) is 5.91 Å². The summed E-state index contributed by atoms with van der Waals surface area (Å²) >= 11 is 0. The maximum Gasteiger partial charge on any atom is 0.303 e. The highest BCUT2D eigenvalue weighted by atomic mass is 16.5. The number of likely N-dealkylation sites (tertiary alicyclic amines) is 1. The number of amides is 1. The summed E-state index contributed by atoms with van der Waals surface area (Å²) in [7, 11) is 0. The highest BCUT2D eigenvalue weighted by molar-refractivity contribution is 5.77. The van der Waals surface area contributed by atoms with Gasteiger partial charge < -0.3 is 14.7 Å². The molecule has 1 fully saturated rings. The van der Waals surface area contributed by atoms with Crippen molar-refractivity contribution < 1.29 is 19.4 Å². The van der Waals surface area contributed by atoms with Crippen LogP contribution in [0.4, 0.5) is 0 Å². The van der Waals surface area contributed by atoms with Crippen LogP contribution in [0.1, 0.15) is 33.1 Å². The SMILES string of the molecule is CC(C)OCC(=O)N1CCC(CCC(=O)O)C1. The van der Waals surface area contributed by atoms with Gasteiger partial charge in [0.25, 0.3) is 0 Å². The molecule has 1 heterocycles. The van der Waals surface area contributed by atoms with Gasteiger partial charge in [-0.3, -0.25) is 9.59 Å². The van der Waals surface area contributed by atoms with E-state index in [1.807, 2.05) is 13.8 Å². The highest BCUT2D eigenvalue weighted by Gasteiger charge is 2.26. The predicted molar refractivity (Wildman–Crippen MR) is 62.6 cm³/mol. The van der Waals surface area contributed by atoms with Crippen molar-refractivity contribution in [3.63, 3.8) is 0 Å². The molecule has 1 rings (SSSR count). The van der Waals surface area contributed by atoms with Crippen molar-refractivity contribution in [3.05, 3.63) is 0 Å². The Morgan fingerprint density at radius 3 is 2.76 bits per heavy atom. The van der Waals surface area contributed by atoms with Crippen molar-refractivity contribution in [1.29, 1.82) is 0 Å². The van der Waals surface area contributed by atoms with Gasteiger partial charge in [0.1, 0.15) is 6.61 Å². The second-order valence-electron chi connectivity index (χ2n) is 4.79. The molecule has 17 heavy (non-hydrogen) atoms. The average molecular weight is 243 g/mol. The minimum Gasteiger partial charge on any atom is -0.481 e. The lowest BCUT2D eigenvalue weighted by atomic mass is 10.0. The summed E-state index contributed by atoms with van der Waals surface area (Å²) in [6.45, 7) is 5.32. The first-order valence-corrected chi connectivity index (χ1v) is 6.10. The van der Waals surface area contributed by atoms with Crippen LogP contribution in [-0.4, -0.2) is 47.7 Å².